The molecule has 0 aliphatic rings. The smallest absolute Gasteiger partial charge is 0.0657 e. The maximum absolute atomic E-state index is 3.87. The zero-order valence-corrected chi connectivity index (χ0v) is 16.4. The molecule has 0 saturated carbocycles. The lowest BCUT2D eigenvalue weighted by molar-refractivity contribution is 1.11. The van der Waals surface area contributed by atoms with Gasteiger partial charge in [-0.05, 0) is 77.2 Å². The Kier molecular flexibility index (Phi) is 5.12. The highest BCUT2D eigenvalue weighted by atomic mass is 127. The molecule has 19 heavy (non-hydrogen) atoms. The topological polar surface area (TPSA) is 0 Å². The Labute approximate surface area is 145 Å². The number of halogens is 3. The summed E-state index contributed by atoms with van der Waals surface area (Å²) in [7, 11) is 0. The van der Waals surface area contributed by atoms with Gasteiger partial charge in [-0.3, -0.25) is 0 Å². The van der Waals surface area contributed by atoms with Crippen LogP contribution in [0.4, 0.5) is 0 Å². The van der Waals surface area contributed by atoms with E-state index in [1.54, 1.807) is 0 Å². The second-order valence-electron chi connectivity index (χ2n) is 4.80. The summed E-state index contributed by atoms with van der Waals surface area (Å²) in [5.41, 5.74) is 6.58. The van der Waals surface area contributed by atoms with Gasteiger partial charge in [0.15, 0.2) is 0 Å². The molecule has 0 aliphatic heterocycles. The predicted octanol–water partition coefficient (Wildman–Crippen LogP) is 6.46. The second-order valence-corrected chi connectivity index (χ2v) is 7.65. The number of rotatable bonds is 2. The highest BCUT2D eigenvalue weighted by molar-refractivity contribution is 14.1. The van der Waals surface area contributed by atoms with Crippen LogP contribution in [0, 0.1) is 24.3 Å². The van der Waals surface area contributed by atoms with E-state index in [0.29, 0.717) is 0 Å². The molecular formula is C16H15Br2I. The van der Waals surface area contributed by atoms with Gasteiger partial charge >= 0.3 is 0 Å². The van der Waals surface area contributed by atoms with Crippen LogP contribution in [-0.2, 0) is 0 Å². The van der Waals surface area contributed by atoms with Gasteiger partial charge in [-0.2, -0.15) is 0 Å². The van der Waals surface area contributed by atoms with Crippen LogP contribution in [0.3, 0.4) is 0 Å². The lowest BCUT2D eigenvalue weighted by Crippen LogP contribution is -2.00. The molecule has 1 unspecified atom stereocenters. The fourth-order valence-corrected chi connectivity index (χ4v) is 4.54. The van der Waals surface area contributed by atoms with Crippen LogP contribution in [-0.4, -0.2) is 0 Å². The zero-order chi connectivity index (χ0) is 14.2. The minimum absolute atomic E-state index is 0.242. The first-order valence-electron chi connectivity index (χ1n) is 6.07. The van der Waals surface area contributed by atoms with Crippen molar-refractivity contribution in [2.45, 2.75) is 25.6 Å². The third-order valence-electron chi connectivity index (χ3n) is 3.32. The molecule has 0 radical (unpaired) electrons. The minimum Gasteiger partial charge on any atom is -0.0786 e. The summed E-state index contributed by atoms with van der Waals surface area (Å²) in [6.45, 7) is 6.45. The average molecular weight is 494 g/mol. The van der Waals surface area contributed by atoms with Gasteiger partial charge in [0.1, 0.15) is 0 Å². The Balaban J connectivity index is 2.53. The van der Waals surface area contributed by atoms with Gasteiger partial charge in [0.2, 0.25) is 0 Å². The van der Waals surface area contributed by atoms with Crippen LogP contribution in [0.2, 0.25) is 0 Å². The second kappa shape index (κ2) is 6.27. The molecule has 0 saturated heterocycles. The van der Waals surface area contributed by atoms with Crippen molar-refractivity contribution >= 4 is 54.5 Å². The van der Waals surface area contributed by atoms with Gasteiger partial charge in [0, 0.05) is 8.04 Å². The first-order valence-corrected chi connectivity index (χ1v) is 8.86. The van der Waals surface area contributed by atoms with Gasteiger partial charge in [-0.1, -0.05) is 56.1 Å². The molecule has 0 bridgehead atoms. The van der Waals surface area contributed by atoms with Gasteiger partial charge in [-0.25, -0.2) is 0 Å². The first kappa shape index (κ1) is 15.5. The zero-order valence-electron chi connectivity index (χ0n) is 11.1. The number of aryl methyl sites for hydroxylation is 3. The van der Waals surface area contributed by atoms with Gasteiger partial charge in [0.25, 0.3) is 0 Å². The van der Waals surface area contributed by atoms with E-state index in [-0.39, 0.29) is 4.83 Å². The van der Waals surface area contributed by atoms with Crippen LogP contribution in [0.1, 0.15) is 32.6 Å². The van der Waals surface area contributed by atoms with E-state index in [4.69, 9.17) is 0 Å². The van der Waals surface area contributed by atoms with Crippen LogP contribution < -0.4 is 0 Å². The van der Waals surface area contributed by atoms with E-state index in [1.165, 1.54) is 35.9 Å². The van der Waals surface area contributed by atoms with Crippen molar-refractivity contribution in [1.82, 2.24) is 0 Å². The molecule has 0 fully saturated rings. The molecule has 0 heterocycles. The number of hydrogen-bond acceptors (Lipinski definition) is 0. The van der Waals surface area contributed by atoms with Crippen LogP contribution in [0.5, 0.6) is 0 Å². The third kappa shape index (κ3) is 3.24. The van der Waals surface area contributed by atoms with Crippen molar-refractivity contribution in [2.24, 2.45) is 0 Å². The molecule has 2 aromatic carbocycles. The van der Waals surface area contributed by atoms with Crippen LogP contribution in [0.15, 0.2) is 34.8 Å². The molecule has 100 valence electrons. The van der Waals surface area contributed by atoms with E-state index in [2.05, 4.69) is 106 Å². The summed E-state index contributed by atoms with van der Waals surface area (Å²) in [5.74, 6) is 0. The number of alkyl halides is 1. The number of benzene rings is 2. The molecule has 3 heteroatoms. The fourth-order valence-electron chi connectivity index (χ4n) is 2.11. The Morgan fingerprint density at radius 1 is 0.947 bits per heavy atom. The fraction of sp³-hybridized carbons (Fsp3) is 0.250. The molecule has 0 spiro atoms. The van der Waals surface area contributed by atoms with E-state index in [9.17, 15) is 0 Å². The Bertz CT molecular complexity index is 620. The Hall–Kier alpha value is 0.130. The van der Waals surface area contributed by atoms with E-state index >= 15 is 0 Å². The molecule has 2 aromatic rings. The maximum Gasteiger partial charge on any atom is 0.0657 e. The van der Waals surface area contributed by atoms with Gasteiger partial charge in [0.05, 0.1) is 4.83 Å². The molecule has 0 aromatic heterocycles. The molecule has 1 atom stereocenters. The summed E-state index contributed by atoms with van der Waals surface area (Å²) >= 11 is 9.90. The van der Waals surface area contributed by atoms with E-state index in [0.717, 1.165) is 0 Å². The highest BCUT2D eigenvalue weighted by Crippen LogP contribution is 2.37. The molecule has 0 amide bonds. The molecule has 0 aliphatic carbocycles. The molecule has 0 N–H and O–H groups in total. The molecule has 2 rings (SSSR count). The van der Waals surface area contributed by atoms with Crippen LogP contribution in [0.25, 0.3) is 0 Å². The van der Waals surface area contributed by atoms with E-state index in [1.807, 2.05) is 0 Å². The summed E-state index contributed by atoms with van der Waals surface area (Å²) in [4.78, 5) is 0.242. The lowest BCUT2D eigenvalue weighted by Gasteiger charge is -2.17. The minimum atomic E-state index is 0.242. The normalized spacial score (nSPS) is 12.5. The standard InChI is InChI=1S/C16H15Br2I/c1-9-5-4-6-12(16(9)19)15(18)13-7-11(3)14(17)8-10(13)2/h4-8,15H,1-3H3. The Morgan fingerprint density at radius 3 is 2.32 bits per heavy atom. The van der Waals surface area contributed by atoms with Crippen molar-refractivity contribution in [3.05, 3.63) is 66.2 Å². The number of hydrogen-bond donors (Lipinski definition) is 0. The Morgan fingerprint density at radius 2 is 1.63 bits per heavy atom. The summed E-state index contributed by atoms with van der Waals surface area (Å²) in [6, 6.07) is 10.9. The molecular weight excluding hydrogens is 479 g/mol. The first-order chi connectivity index (χ1) is 8.91. The van der Waals surface area contributed by atoms with Gasteiger partial charge in [-0.15, -0.1) is 0 Å². The average Bonchev–Trinajstić information content (AvgIpc) is 2.36. The van der Waals surface area contributed by atoms with Crippen molar-refractivity contribution in [2.75, 3.05) is 0 Å². The SMILES string of the molecule is Cc1cc(C(Br)c2cccc(C)c2I)c(C)cc1Br. The van der Waals surface area contributed by atoms with Crippen molar-refractivity contribution in [3.8, 4) is 0 Å². The van der Waals surface area contributed by atoms with E-state index < -0.39 is 0 Å². The summed E-state index contributed by atoms with van der Waals surface area (Å²) < 4.78 is 2.51. The maximum atomic E-state index is 3.87. The highest BCUT2D eigenvalue weighted by Gasteiger charge is 2.17. The predicted molar refractivity (Wildman–Crippen MR) is 98.3 cm³/mol. The van der Waals surface area contributed by atoms with Crippen molar-refractivity contribution in [3.63, 3.8) is 0 Å². The summed E-state index contributed by atoms with van der Waals surface area (Å²) in [5, 5.41) is 0. The van der Waals surface area contributed by atoms with Gasteiger partial charge < -0.3 is 0 Å². The van der Waals surface area contributed by atoms with Crippen LogP contribution >= 0.6 is 54.5 Å². The largest absolute Gasteiger partial charge is 0.0786 e. The quantitative estimate of drug-likeness (QED) is 0.332. The van der Waals surface area contributed by atoms with Crippen molar-refractivity contribution < 1.29 is 0 Å². The lowest BCUT2D eigenvalue weighted by atomic mass is 9.97. The monoisotopic (exact) mass is 492 g/mol. The molecule has 0 nitrogen and oxygen atoms in total. The summed E-state index contributed by atoms with van der Waals surface area (Å²) in [6.07, 6.45) is 0. The third-order valence-corrected chi connectivity index (χ3v) is 6.63. The van der Waals surface area contributed by atoms with Crippen molar-refractivity contribution in [1.29, 1.82) is 0 Å².